The number of hydrogen-bond donors (Lipinski definition) is 2. The largest absolute Gasteiger partial charge is 0.285 e. The molecule has 0 bridgehead atoms. The number of benzene rings is 1. The molecule has 4 rings (SSSR count). The molecule has 0 amide bonds. The van der Waals surface area contributed by atoms with Crippen molar-refractivity contribution in [2.45, 2.75) is 0 Å². The SMILES string of the molecule is c1ccc(-c2[nH]nc3nccc(-c4cn[nH]c4)c23)cc1. The van der Waals surface area contributed by atoms with E-state index in [1.54, 1.807) is 12.4 Å². The van der Waals surface area contributed by atoms with Gasteiger partial charge in [0.05, 0.1) is 17.3 Å². The average molecular weight is 261 g/mol. The molecule has 0 radical (unpaired) electrons. The highest BCUT2D eigenvalue weighted by Crippen LogP contribution is 2.33. The van der Waals surface area contributed by atoms with Gasteiger partial charge in [0.2, 0.25) is 0 Å². The average Bonchev–Trinajstić information content (AvgIpc) is 3.17. The summed E-state index contributed by atoms with van der Waals surface area (Å²) in [5, 5.41) is 15.3. The van der Waals surface area contributed by atoms with E-state index < -0.39 is 0 Å². The number of aromatic nitrogens is 5. The minimum absolute atomic E-state index is 0.711. The third-order valence-electron chi connectivity index (χ3n) is 3.33. The lowest BCUT2D eigenvalue weighted by Crippen LogP contribution is -1.83. The lowest BCUT2D eigenvalue weighted by atomic mass is 10.0. The van der Waals surface area contributed by atoms with Gasteiger partial charge in [-0.2, -0.15) is 10.2 Å². The molecular formula is C15H11N5. The lowest BCUT2D eigenvalue weighted by molar-refractivity contribution is 1.09. The molecular weight excluding hydrogens is 250 g/mol. The maximum atomic E-state index is 4.32. The quantitative estimate of drug-likeness (QED) is 0.582. The molecule has 3 aromatic heterocycles. The molecule has 0 aliphatic rings. The Bertz CT molecular complexity index is 847. The van der Waals surface area contributed by atoms with Gasteiger partial charge in [0.1, 0.15) is 0 Å². The van der Waals surface area contributed by atoms with Gasteiger partial charge in [-0.05, 0) is 11.6 Å². The first kappa shape index (κ1) is 10.9. The zero-order valence-electron chi connectivity index (χ0n) is 10.5. The van der Waals surface area contributed by atoms with E-state index in [0.29, 0.717) is 5.65 Å². The minimum atomic E-state index is 0.711. The van der Waals surface area contributed by atoms with Crippen LogP contribution in [0.4, 0.5) is 0 Å². The molecule has 0 atom stereocenters. The highest BCUT2D eigenvalue weighted by atomic mass is 15.1. The number of H-pyrrole nitrogens is 2. The van der Waals surface area contributed by atoms with Gasteiger partial charge < -0.3 is 0 Å². The van der Waals surface area contributed by atoms with Crippen LogP contribution in [-0.2, 0) is 0 Å². The highest BCUT2D eigenvalue weighted by molar-refractivity contribution is 6.01. The molecule has 0 spiro atoms. The Morgan fingerprint density at radius 1 is 0.950 bits per heavy atom. The van der Waals surface area contributed by atoms with Crippen LogP contribution in [0.15, 0.2) is 55.0 Å². The first-order valence-corrected chi connectivity index (χ1v) is 6.31. The van der Waals surface area contributed by atoms with Crippen molar-refractivity contribution in [2.24, 2.45) is 0 Å². The number of nitrogens with zero attached hydrogens (tertiary/aromatic N) is 3. The van der Waals surface area contributed by atoms with Crippen LogP contribution in [0.1, 0.15) is 0 Å². The van der Waals surface area contributed by atoms with E-state index in [9.17, 15) is 0 Å². The Morgan fingerprint density at radius 2 is 1.85 bits per heavy atom. The third kappa shape index (κ3) is 1.60. The fourth-order valence-corrected chi connectivity index (χ4v) is 2.40. The first-order valence-electron chi connectivity index (χ1n) is 6.31. The molecule has 5 heteroatoms. The van der Waals surface area contributed by atoms with Crippen LogP contribution >= 0.6 is 0 Å². The highest BCUT2D eigenvalue weighted by Gasteiger charge is 2.14. The second-order valence-electron chi connectivity index (χ2n) is 4.51. The Morgan fingerprint density at radius 3 is 2.65 bits per heavy atom. The van der Waals surface area contributed by atoms with Crippen molar-refractivity contribution in [3.63, 3.8) is 0 Å². The molecule has 3 heterocycles. The molecule has 1 aromatic carbocycles. The summed E-state index contributed by atoms with van der Waals surface area (Å²) < 4.78 is 0. The summed E-state index contributed by atoms with van der Waals surface area (Å²) in [6.07, 6.45) is 5.44. The van der Waals surface area contributed by atoms with Gasteiger partial charge in [-0.25, -0.2) is 4.98 Å². The Balaban J connectivity index is 2.04. The lowest BCUT2D eigenvalue weighted by Gasteiger charge is -2.02. The molecule has 5 nitrogen and oxygen atoms in total. The number of nitrogens with one attached hydrogen (secondary N) is 2. The van der Waals surface area contributed by atoms with Gasteiger partial charge in [0.15, 0.2) is 5.65 Å². The summed E-state index contributed by atoms with van der Waals surface area (Å²) in [7, 11) is 0. The Labute approximate surface area is 114 Å². The summed E-state index contributed by atoms with van der Waals surface area (Å²) in [6, 6.07) is 12.1. The fourth-order valence-electron chi connectivity index (χ4n) is 2.40. The van der Waals surface area contributed by atoms with E-state index in [4.69, 9.17) is 0 Å². The van der Waals surface area contributed by atoms with E-state index in [-0.39, 0.29) is 0 Å². The zero-order valence-corrected chi connectivity index (χ0v) is 10.5. The predicted octanol–water partition coefficient (Wildman–Crippen LogP) is 3.02. The van der Waals surface area contributed by atoms with Gasteiger partial charge in [0, 0.05) is 23.5 Å². The van der Waals surface area contributed by atoms with Gasteiger partial charge in [0.25, 0.3) is 0 Å². The maximum Gasteiger partial charge on any atom is 0.182 e. The normalized spacial score (nSPS) is 11.0. The standard InChI is InChI=1S/C15H11N5/c1-2-4-10(5-3-1)14-13-12(11-8-17-18-9-11)6-7-16-15(13)20-19-14/h1-9H,(H,17,18)(H,16,19,20). The second-order valence-corrected chi connectivity index (χ2v) is 4.51. The number of aromatic amines is 2. The van der Waals surface area contributed by atoms with Crippen LogP contribution in [0.25, 0.3) is 33.4 Å². The summed E-state index contributed by atoms with van der Waals surface area (Å²) in [6.45, 7) is 0. The van der Waals surface area contributed by atoms with Crippen LogP contribution in [0.5, 0.6) is 0 Å². The fraction of sp³-hybridized carbons (Fsp3) is 0. The van der Waals surface area contributed by atoms with E-state index in [0.717, 1.165) is 27.8 Å². The first-order chi connectivity index (χ1) is 9.93. The van der Waals surface area contributed by atoms with Crippen LogP contribution in [0.3, 0.4) is 0 Å². The van der Waals surface area contributed by atoms with Crippen molar-refractivity contribution in [1.82, 2.24) is 25.4 Å². The Kier molecular flexibility index (Phi) is 2.35. The van der Waals surface area contributed by atoms with Crippen LogP contribution < -0.4 is 0 Å². The molecule has 0 aliphatic heterocycles. The molecule has 0 unspecified atom stereocenters. The maximum absolute atomic E-state index is 4.32. The smallest absolute Gasteiger partial charge is 0.182 e. The minimum Gasteiger partial charge on any atom is -0.285 e. The van der Waals surface area contributed by atoms with Gasteiger partial charge >= 0.3 is 0 Å². The van der Waals surface area contributed by atoms with E-state index in [1.165, 1.54) is 0 Å². The van der Waals surface area contributed by atoms with E-state index >= 15 is 0 Å². The summed E-state index contributed by atoms with van der Waals surface area (Å²) >= 11 is 0. The van der Waals surface area contributed by atoms with Gasteiger partial charge in [-0.15, -0.1) is 0 Å². The third-order valence-corrected chi connectivity index (χ3v) is 3.33. The summed E-state index contributed by atoms with van der Waals surface area (Å²) in [5.41, 5.74) is 4.87. The topological polar surface area (TPSA) is 70.2 Å². The van der Waals surface area contributed by atoms with Crippen molar-refractivity contribution in [3.8, 4) is 22.4 Å². The van der Waals surface area contributed by atoms with Crippen LogP contribution in [0.2, 0.25) is 0 Å². The predicted molar refractivity (Wildman–Crippen MR) is 76.9 cm³/mol. The molecule has 2 N–H and O–H groups in total. The molecule has 0 aliphatic carbocycles. The van der Waals surface area contributed by atoms with Crippen molar-refractivity contribution < 1.29 is 0 Å². The molecule has 96 valence electrons. The van der Waals surface area contributed by atoms with Crippen molar-refractivity contribution in [2.75, 3.05) is 0 Å². The van der Waals surface area contributed by atoms with Gasteiger partial charge in [-0.1, -0.05) is 30.3 Å². The van der Waals surface area contributed by atoms with Gasteiger partial charge in [-0.3, -0.25) is 10.2 Å². The number of rotatable bonds is 2. The number of fused-ring (bicyclic) bond motifs is 1. The van der Waals surface area contributed by atoms with Crippen molar-refractivity contribution in [3.05, 3.63) is 55.0 Å². The number of pyridine rings is 1. The summed E-state index contributed by atoms with van der Waals surface area (Å²) in [5.74, 6) is 0. The van der Waals surface area contributed by atoms with Crippen LogP contribution in [-0.4, -0.2) is 25.4 Å². The van der Waals surface area contributed by atoms with Crippen LogP contribution in [0, 0.1) is 0 Å². The number of hydrogen-bond acceptors (Lipinski definition) is 3. The molecule has 4 aromatic rings. The molecule has 20 heavy (non-hydrogen) atoms. The zero-order chi connectivity index (χ0) is 13.4. The van der Waals surface area contributed by atoms with E-state index in [2.05, 4.69) is 37.5 Å². The Hall–Kier alpha value is -2.95. The monoisotopic (exact) mass is 261 g/mol. The molecule has 0 saturated heterocycles. The molecule has 0 fully saturated rings. The molecule has 0 saturated carbocycles. The second kappa shape index (κ2) is 4.31. The van der Waals surface area contributed by atoms with Crippen molar-refractivity contribution in [1.29, 1.82) is 0 Å². The van der Waals surface area contributed by atoms with E-state index in [1.807, 2.05) is 30.5 Å². The summed E-state index contributed by atoms with van der Waals surface area (Å²) in [4.78, 5) is 4.32. The van der Waals surface area contributed by atoms with Crippen molar-refractivity contribution >= 4 is 11.0 Å².